The number of ketones is 1. The van der Waals surface area contributed by atoms with Gasteiger partial charge in [0.1, 0.15) is 11.5 Å². The lowest BCUT2D eigenvalue weighted by Gasteiger charge is -2.40. The lowest BCUT2D eigenvalue weighted by molar-refractivity contribution is 0.0417. The third kappa shape index (κ3) is 3.46. The number of hydrogen-bond acceptors (Lipinski definition) is 6. The lowest BCUT2D eigenvalue weighted by Crippen LogP contribution is -2.51. The number of nitrogens with two attached hydrogens (primary N) is 1. The Hall–Kier alpha value is -2.76. The van der Waals surface area contributed by atoms with Gasteiger partial charge in [-0.2, -0.15) is 5.10 Å². The van der Waals surface area contributed by atoms with E-state index in [-0.39, 0.29) is 16.7 Å². The van der Waals surface area contributed by atoms with E-state index in [1.807, 2.05) is 6.07 Å². The van der Waals surface area contributed by atoms with Crippen LogP contribution in [-0.2, 0) is 35.7 Å². The van der Waals surface area contributed by atoms with Crippen LogP contribution in [0.25, 0.3) is 0 Å². The Morgan fingerprint density at radius 1 is 1.21 bits per heavy atom. The van der Waals surface area contributed by atoms with Crippen molar-refractivity contribution >= 4 is 27.4 Å². The molecule has 1 aromatic carbocycles. The number of carbonyl (C=O) groups is 2. The zero-order valence-corrected chi connectivity index (χ0v) is 19.0. The van der Waals surface area contributed by atoms with Gasteiger partial charge >= 0.3 is 6.03 Å². The Morgan fingerprint density at radius 2 is 2.06 bits per heavy atom. The van der Waals surface area contributed by atoms with Gasteiger partial charge < -0.3 is 10.1 Å². The SMILES string of the molecule is NS(=O)(=NC(=O)Nc1c2c(cc3c1CCC3=O)CCC2)c1cnn2c1OCC(N1CCC1)C2. The van der Waals surface area contributed by atoms with Gasteiger partial charge in [-0.1, -0.05) is 0 Å². The molecule has 3 heterocycles. The molecule has 0 bridgehead atoms. The first-order valence-corrected chi connectivity index (χ1v) is 13.0. The van der Waals surface area contributed by atoms with Crippen molar-refractivity contribution in [3.05, 3.63) is 34.5 Å². The van der Waals surface area contributed by atoms with E-state index in [0.29, 0.717) is 43.1 Å². The summed E-state index contributed by atoms with van der Waals surface area (Å²) in [5.74, 6) is 0.401. The number of benzene rings is 1. The number of fused-ring (bicyclic) bond motifs is 3. The number of Topliss-reactive ketones (excluding diaryl/α,β-unsaturated/α-hetero) is 1. The summed E-state index contributed by atoms with van der Waals surface area (Å²) in [5, 5.41) is 13.1. The molecule has 3 N–H and O–H groups in total. The molecular weight excluding hydrogens is 444 g/mol. The smallest absolute Gasteiger partial charge is 0.354 e. The second-order valence-electron chi connectivity index (χ2n) is 9.13. The van der Waals surface area contributed by atoms with Crippen molar-refractivity contribution in [3.8, 4) is 5.88 Å². The van der Waals surface area contributed by atoms with Crippen LogP contribution in [0.4, 0.5) is 10.5 Å². The van der Waals surface area contributed by atoms with Crippen molar-refractivity contribution in [1.82, 2.24) is 14.7 Å². The first kappa shape index (κ1) is 20.8. The molecular formula is C22H26N6O4S. The predicted molar refractivity (Wildman–Crippen MR) is 121 cm³/mol. The molecule has 174 valence electrons. The molecule has 6 rings (SSSR count). The molecule has 10 nitrogen and oxygen atoms in total. The van der Waals surface area contributed by atoms with E-state index in [2.05, 4.69) is 19.7 Å². The maximum atomic E-state index is 13.3. The Labute approximate surface area is 191 Å². The number of nitrogens with one attached hydrogen (secondary N) is 1. The highest BCUT2D eigenvalue weighted by atomic mass is 32.2. The normalized spacial score (nSPS) is 23.1. The summed E-state index contributed by atoms with van der Waals surface area (Å²) in [6, 6.07) is 1.40. The van der Waals surface area contributed by atoms with Crippen molar-refractivity contribution in [1.29, 1.82) is 0 Å². The van der Waals surface area contributed by atoms with E-state index in [9.17, 15) is 13.8 Å². The quantitative estimate of drug-likeness (QED) is 0.704. The number of urea groups is 1. The second kappa shape index (κ2) is 7.64. The van der Waals surface area contributed by atoms with E-state index < -0.39 is 15.9 Å². The monoisotopic (exact) mass is 470 g/mol. The van der Waals surface area contributed by atoms with Crippen molar-refractivity contribution < 1.29 is 18.5 Å². The van der Waals surface area contributed by atoms with Crippen LogP contribution in [-0.4, -0.2) is 56.4 Å². The largest absolute Gasteiger partial charge is 0.475 e. The van der Waals surface area contributed by atoms with Crippen LogP contribution in [0, 0.1) is 0 Å². The zero-order chi connectivity index (χ0) is 22.7. The summed E-state index contributed by atoms with van der Waals surface area (Å²) in [7, 11) is -3.57. The summed E-state index contributed by atoms with van der Waals surface area (Å²) in [6.07, 6.45) is 6.25. The number of anilines is 1. The molecule has 33 heavy (non-hydrogen) atoms. The minimum absolute atomic E-state index is 0.0925. The molecule has 1 aromatic heterocycles. The molecule has 2 aromatic rings. The van der Waals surface area contributed by atoms with Crippen LogP contribution in [0.2, 0.25) is 0 Å². The van der Waals surface area contributed by atoms with Gasteiger partial charge in [-0.05, 0) is 68.0 Å². The number of rotatable bonds is 3. The molecule has 0 radical (unpaired) electrons. The van der Waals surface area contributed by atoms with Crippen LogP contribution in [0.15, 0.2) is 21.5 Å². The van der Waals surface area contributed by atoms with Gasteiger partial charge in [0.15, 0.2) is 15.7 Å². The van der Waals surface area contributed by atoms with Gasteiger partial charge in [0.2, 0.25) is 5.88 Å². The average Bonchev–Trinajstić information content (AvgIpc) is 3.45. The molecule has 11 heteroatoms. The molecule has 0 saturated carbocycles. The van der Waals surface area contributed by atoms with E-state index in [1.54, 1.807) is 4.68 Å². The van der Waals surface area contributed by atoms with Gasteiger partial charge in [0.25, 0.3) is 0 Å². The number of hydrogen-bond donors (Lipinski definition) is 2. The van der Waals surface area contributed by atoms with E-state index >= 15 is 0 Å². The van der Waals surface area contributed by atoms with Gasteiger partial charge in [0.05, 0.1) is 18.8 Å². The van der Waals surface area contributed by atoms with E-state index in [0.717, 1.165) is 49.0 Å². The fourth-order valence-electron chi connectivity index (χ4n) is 5.31. The van der Waals surface area contributed by atoms with E-state index in [1.165, 1.54) is 12.6 Å². The van der Waals surface area contributed by atoms with Crippen molar-refractivity contribution in [2.75, 3.05) is 25.0 Å². The molecule has 4 aliphatic rings. The van der Waals surface area contributed by atoms with Gasteiger partial charge in [-0.3, -0.25) is 9.69 Å². The number of aromatic nitrogens is 2. The van der Waals surface area contributed by atoms with Crippen LogP contribution in [0.3, 0.4) is 0 Å². The molecule has 2 amide bonds. The van der Waals surface area contributed by atoms with Crippen LogP contribution in [0.5, 0.6) is 5.88 Å². The minimum Gasteiger partial charge on any atom is -0.475 e. The highest BCUT2D eigenvalue weighted by Crippen LogP contribution is 2.39. The number of likely N-dealkylation sites (tertiary alicyclic amines) is 1. The van der Waals surface area contributed by atoms with Gasteiger partial charge in [-0.15, -0.1) is 4.36 Å². The molecule has 2 aliphatic heterocycles. The number of ether oxygens (including phenoxy) is 1. The predicted octanol–water partition coefficient (Wildman–Crippen LogP) is 1.90. The second-order valence-corrected chi connectivity index (χ2v) is 10.9. The van der Waals surface area contributed by atoms with Crippen molar-refractivity contribution in [2.45, 2.75) is 56.0 Å². The van der Waals surface area contributed by atoms with Crippen LogP contribution >= 0.6 is 0 Å². The van der Waals surface area contributed by atoms with Gasteiger partial charge in [-0.25, -0.2) is 18.8 Å². The number of carbonyl (C=O) groups excluding carboxylic acids is 2. The number of aryl methyl sites for hydroxylation is 1. The first-order valence-electron chi connectivity index (χ1n) is 11.4. The summed E-state index contributed by atoms with van der Waals surface area (Å²) < 4.78 is 24.6. The standard InChI is InChI=1S/C22H26N6O4S/c23-33(31,19-10-24-28-11-14(12-32-21(19)28)27-7-2-8-27)26-22(30)25-20-15-4-1-3-13(15)9-17-16(20)5-6-18(17)29/h9-10,14H,1-8,11-12H2,(H3,23,25,26,30,31). The Morgan fingerprint density at radius 3 is 2.85 bits per heavy atom. The maximum Gasteiger partial charge on any atom is 0.354 e. The third-order valence-electron chi connectivity index (χ3n) is 7.14. The Bertz CT molecular complexity index is 1300. The van der Waals surface area contributed by atoms with Crippen LogP contribution < -0.4 is 15.2 Å². The fraction of sp³-hybridized carbons (Fsp3) is 0.500. The highest BCUT2D eigenvalue weighted by molar-refractivity contribution is 7.91. The Balaban J connectivity index is 1.28. The van der Waals surface area contributed by atoms with E-state index in [4.69, 9.17) is 9.88 Å². The summed E-state index contributed by atoms with van der Waals surface area (Å²) >= 11 is 0. The summed E-state index contributed by atoms with van der Waals surface area (Å²) in [5.41, 5.74) is 4.29. The first-order chi connectivity index (χ1) is 15.9. The fourth-order valence-corrected chi connectivity index (χ4v) is 6.32. The molecule has 2 atom stereocenters. The van der Waals surface area contributed by atoms with Crippen molar-refractivity contribution in [3.63, 3.8) is 0 Å². The third-order valence-corrected chi connectivity index (χ3v) is 8.49. The van der Waals surface area contributed by atoms with Crippen molar-refractivity contribution in [2.24, 2.45) is 9.50 Å². The Kier molecular flexibility index (Phi) is 4.82. The van der Waals surface area contributed by atoms with Crippen LogP contribution in [0.1, 0.15) is 46.3 Å². The topological polar surface area (TPSA) is 132 Å². The molecule has 2 unspecified atom stereocenters. The number of amides is 2. The number of nitrogens with zero attached hydrogens (tertiary/aromatic N) is 4. The molecule has 1 saturated heterocycles. The molecule has 1 fully saturated rings. The summed E-state index contributed by atoms with van der Waals surface area (Å²) in [4.78, 5) is 27.6. The highest BCUT2D eigenvalue weighted by Gasteiger charge is 2.33. The molecule has 2 aliphatic carbocycles. The maximum absolute atomic E-state index is 13.3. The van der Waals surface area contributed by atoms with Gasteiger partial charge in [0, 0.05) is 17.7 Å². The minimum atomic E-state index is -3.57. The zero-order valence-electron chi connectivity index (χ0n) is 18.2. The summed E-state index contributed by atoms with van der Waals surface area (Å²) in [6.45, 7) is 3.16. The lowest BCUT2D eigenvalue weighted by atomic mass is 9.98. The average molecular weight is 471 g/mol. The molecule has 0 spiro atoms.